The van der Waals surface area contributed by atoms with Crippen molar-refractivity contribution in [1.82, 2.24) is 9.47 Å². The summed E-state index contributed by atoms with van der Waals surface area (Å²) in [6, 6.07) is 1.99. The van der Waals surface area contributed by atoms with Crippen LogP contribution in [0.3, 0.4) is 0 Å². The minimum atomic E-state index is -0.331. The number of nitrogens with zero attached hydrogens (tertiary/aromatic N) is 4. The summed E-state index contributed by atoms with van der Waals surface area (Å²) in [4.78, 5) is 28.8. The zero-order valence-corrected chi connectivity index (χ0v) is 16.5. The Kier molecular flexibility index (Phi) is 5.70. The summed E-state index contributed by atoms with van der Waals surface area (Å²) >= 11 is 6.40. The number of anilines is 1. The molecule has 0 N–H and O–H groups in total. The predicted octanol–water partition coefficient (Wildman–Crippen LogP) is 2.24. The third-order valence-electron chi connectivity index (χ3n) is 4.29. The molecule has 1 amide bonds. The highest BCUT2D eigenvalue weighted by Gasteiger charge is 2.30. The van der Waals surface area contributed by atoms with Gasteiger partial charge in [0.25, 0.3) is 11.5 Å². The van der Waals surface area contributed by atoms with Crippen molar-refractivity contribution in [3.63, 3.8) is 0 Å². The zero-order chi connectivity index (χ0) is 18.9. The second kappa shape index (κ2) is 7.42. The van der Waals surface area contributed by atoms with Crippen LogP contribution in [0.5, 0.6) is 0 Å². The van der Waals surface area contributed by atoms with Crippen LogP contribution >= 0.6 is 24.0 Å². The first-order valence-electron chi connectivity index (χ1n) is 7.88. The molecular weight excluding hydrogens is 356 g/mol. The number of likely N-dealkylation sites (N-methyl/N-ethyl adjacent to an activating group) is 1. The molecule has 0 saturated carbocycles. The summed E-state index contributed by atoms with van der Waals surface area (Å²) in [5.41, 5.74) is 1.05. The summed E-state index contributed by atoms with van der Waals surface area (Å²) in [6.45, 7) is 7.13. The van der Waals surface area contributed by atoms with Gasteiger partial charge in [-0.25, -0.2) is 0 Å². The number of rotatable bonds is 4. The van der Waals surface area contributed by atoms with Crippen LogP contribution in [0.1, 0.15) is 30.5 Å². The predicted molar refractivity (Wildman–Crippen MR) is 106 cm³/mol. The molecule has 0 spiro atoms. The lowest BCUT2D eigenvalue weighted by molar-refractivity contribution is -0.121. The van der Waals surface area contributed by atoms with Gasteiger partial charge in [0.05, 0.1) is 4.91 Å². The lowest BCUT2D eigenvalue weighted by Gasteiger charge is -2.27. The standard InChI is InChI=1S/C17H20N4O2S2/c1-6-21(7-2)14-11(8-13-16(23)20(5)17(24)25-13)10(3)12(9-18)15(22)19(14)4/h8H,6-7H2,1-5H3/b13-8-. The molecule has 0 unspecified atom stereocenters. The third kappa shape index (κ3) is 3.22. The Hall–Kier alpha value is -2.11. The molecular formula is C17H20N4O2S2. The lowest BCUT2D eigenvalue weighted by Crippen LogP contribution is -2.33. The number of pyridine rings is 1. The maximum atomic E-state index is 12.5. The first-order chi connectivity index (χ1) is 11.8. The van der Waals surface area contributed by atoms with Crippen molar-refractivity contribution >= 4 is 46.1 Å². The Bertz CT molecular complexity index is 876. The van der Waals surface area contributed by atoms with E-state index in [0.717, 1.165) is 0 Å². The highest BCUT2D eigenvalue weighted by molar-refractivity contribution is 8.26. The normalized spacial score (nSPS) is 15.8. The Morgan fingerprint density at radius 3 is 2.32 bits per heavy atom. The molecule has 2 rings (SSSR count). The largest absolute Gasteiger partial charge is 0.358 e. The molecule has 0 radical (unpaired) electrons. The molecule has 6 nitrogen and oxygen atoms in total. The second-order valence-corrected chi connectivity index (χ2v) is 7.30. The van der Waals surface area contributed by atoms with E-state index in [-0.39, 0.29) is 17.0 Å². The van der Waals surface area contributed by atoms with Gasteiger partial charge in [-0.15, -0.1) is 0 Å². The maximum absolute atomic E-state index is 12.5. The van der Waals surface area contributed by atoms with E-state index in [2.05, 4.69) is 0 Å². The zero-order valence-electron chi connectivity index (χ0n) is 14.9. The van der Waals surface area contributed by atoms with E-state index in [1.54, 1.807) is 27.1 Å². The first kappa shape index (κ1) is 19.2. The van der Waals surface area contributed by atoms with Gasteiger partial charge in [-0.1, -0.05) is 24.0 Å². The number of aromatic nitrogens is 1. The SMILES string of the molecule is CCN(CC)c1c(/C=C2\SC(=S)N(C)C2=O)c(C)c(C#N)c(=O)n1C. The van der Waals surface area contributed by atoms with Crippen LogP contribution in [0.25, 0.3) is 6.08 Å². The fourth-order valence-corrected chi connectivity index (χ4v) is 3.96. The second-order valence-electron chi connectivity index (χ2n) is 5.63. The molecule has 132 valence electrons. The molecule has 1 aliphatic heterocycles. The van der Waals surface area contributed by atoms with Crippen LogP contribution in [-0.4, -0.2) is 39.8 Å². The van der Waals surface area contributed by atoms with E-state index in [9.17, 15) is 14.9 Å². The molecule has 25 heavy (non-hydrogen) atoms. The van der Waals surface area contributed by atoms with E-state index >= 15 is 0 Å². The van der Waals surface area contributed by atoms with Gasteiger partial charge < -0.3 is 4.90 Å². The number of carbonyl (C=O) groups excluding carboxylic acids is 1. The molecule has 1 aromatic rings. The Balaban J connectivity index is 2.82. The van der Waals surface area contributed by atoms with Gasteiger partial charge in [-0.3, -0.25) is 19.1 Å². The smallest absolute Gasteiger partial charge is 0.270 e. The fraction of sp³-hybridized carbons (Fsp3) is 0.412. The van der Waals surface area contributed by atoms with Gasteiger partial charge >= 0.3 is 0 Å². The van der Waals surface area contributed by atoms with Crippen molar-refractivity contribution in [3.8, 4) is 6.07 Å². The highest BCUT2D eigenvalue weighted by atomic mass is 32.2. The first-order valence-corrected chi connectivity index (χ1v) is 9.11. The van der Waals surface area contributed by atoms with Gasteiger partial charge in [-0.05, 0) is 32.4 Å². The summed E-state index contributed by atoms with van der Waals surface area (Å²) < 4.78 is 1.97. The van der Waals surface area contributed by atoms with Crippen molar-refractivity contribution in [2.24, 2.45) is 7.05 Å². The quantitative estimate of drug-likeness (QED) is 0.593. The van der Waals surface area contributed by atoms with E-state index in [4.69, 9.17) is 12.2 Å². The van der Waals surface area contributed by atoms with Crippen molar-refractivity contribution < 1.29 is 4.79 Å². The van der Waals surface area contributed by atoms with Crippen LogP contribution in [0.4, 0.5) is 5.82 Å². The molecule has 1 saturated heterocycles. The van der Waals surface area contributed by atoms with E-state index in [1.165, 1.54) is 21.2 Å². The average Bonchev–Trinajstić information content (AvgIpc) is 2.83. The fourth-order valence-electron chi connectivity index (χ4n) is 2.79. The molecule has 2 heterocycles. The molecule has 8 heteroatoms. The van der Waals surface area contributed by atoms with Crippen LogP contribution < -0.4 is 10.5 Å². The van der Waals surface area contributed by atoms with Gasteiger partial charge in [0, 0.05) is 32.7 Å². The number of hydrogen-bond donors (Lipinski definition) is 0. The molecule has 0 atom stereocenters. The number of nitriles is 1. The van der Waals surface area contributed by atoms with E-state index in [0.29, 0.717) is 39.3 Å². The van der Waals surface area contributed by atoms with Gasteiger partial charge in [-0.2, -0.15) is 5.26 Å². The number of thioether (sulfide) groups is 1. The Labute approximate surface area is 156 Å². The van der Waals surface area contributed by atoms with Gasteiger partial charge in [0.2, 0.25) is 0 Å². The van der Waals surface area contributed by atoms with E-state index in [1.807, 2.05) is 24.8 Å². The lowest BCUT2D eigenvalue weighted by atomic mass is 10.0. The van der Waals surface area contributed by atoms with Crippen LogP contribution in [0.15, 0.2) is 9.70 Å². The number of hydrogen-bond acceptors (Lipinski definition) is 6. The number of amides is 1. The van der Waals surface area contributed by atoms with Crippen molar-refractivity contribution in [3.05, 3.63) is 31.9 Å². The van der Waals surface area contributed by atoms with Crippen LogP contribution in [-0.2, 0) is 11.8 Å². The Morgan fingerprint density at radius 1 is 1.28 bits per heavy atom. The minimum absolute atomic E-state index is 0.0941. The number of thiocarbonyl (C=S) groups is 1. The molecule has 0 aliphatic carbocycles. The molecule has 1 fully saturated rings. The number of carbonyl (C=O) groups is 1. The minimum Gasteiger partial charge on any atom is -0.358 e. The summed E-state index contributed by atoms with van der Waals surface area (Å²) in [7, 11) is 3.29. The molecule has 1 aromatic heterocycles. The maximum Gasteiger partial charge on any atom is 0.270 e. The monoisotopic (exact) mass is 376 g/mol. The van der Waals surface area contributed by atoms with Crippen molar-refractivity contribution in [2.45, 2.75) is 20.8 Å². The summed E-state index contributed by atoms with van der Waals surface area (Å²) in [5.74, 6) is 0.528. The summed E-state index contributed by atoms with van der Waals surface area (Å²) in [6.07, 6.45) is 1.74. The molecule has 1 aliphatic rings. The summed E-state index contributed by atoms with van der Waals surface area (Å²) in [5, 5.41) is 9.39. The van der Waals surface area contributed by atoms with Crippen molar-refractivity contribution in [1.29, 1.82) is 5.26 Å². The van der Waals surface area contributed by atoms with Crippen LogP contribution in [0, 0.1) is 18.3 Å². The highest BCUT2D eigenvalue weighted by Crippen LogP contribution is 2.34. The van der Waals surface area contributed by atoms with Crippen molar-refractivity contribution in [2.75, 3.05) is 25.0 Å². The van der Waals surface area contributed by atoms with Gasteiger partial charge in [0.15, 0.2) is 0 Å². The topological polar surface area (TPSA) is 69.3 Å². The van der Waals surface area contributed by atoms with Crippen LogP contribution in [0.2, 0.25) is 0 Å². The Morgan fingerprint density at radius 2 is 1.88 bits per heavy atom. The molecule has 0 aromatic carbocycles. The van der Waals surface area contributed by atoms with Gasteiger partial charge in [0.1, 0.15) is 21.8 Å². The molecule has 0 bridgehead atoms. The third-order valence-corrected chi connectivity index (χ3v) is 5.78. The average molecular weight is 377 g/mol. The van der Waals surface area contributed by atoms with E-state index < -0.39 is 0 Å².